The van der Waals surface area contributed by atoms with E-state index in [1.807, 2.05) is 4.68 Å². The maximum absolute atomic E-state index is 6.11. The normalized spacial score (nSPS) is 15.8. The number of rotatable bonds is 4. The molecule has 0 unspecified atom stereocenters. The Labute approximate surface area is 177 Å². The molecule has 1 aliphatic heterocycles. The molecule has 2 aromatic carbocycles. The molecule has 1 aliphatic rings. The van der Waals surface area contributed by atoms with E-state index in [9.17, 15) is 0 Å². The fraction of sp³-hybridized carbons (Fsp3) is 0.238. The summed E-state index contributed by atoms with van der Waals surface area (Å²) in [6.45, 7) is 2.98. The van der Waals surface area contributed by atoms with Gasteiger partial charge in [-0.25, -0.2) is 4.68 Å². The minimum absolute atomic E-state index is 0.0794. The number of nitrogens with zero attached hydrogens (tertiary/aromatic N) is 5. The second-order valence-corrected chi connectivity index (χ2v) is 7.48. The Balaban J connectivity index is 1.43. The number of benzene rings is 2. The Bertz CT molecular complexity index is 1200. The number of halogens is 1. The van der Waals surface area contributed by atoms with Gasteiger partial charge in [-0.15, -0.1) is 5.10 Å². The summed E-state index contributed by atoms with van der Waals surface area (Å²) in [7, 11) is 1.57. The van der Waals surface area contributed by atoms with Gasteiger partial charge in [0.05, 0.1) is 31.5 Å². The highest BCUT2D eigenvalue weighted by molar-refractivity contribution is 6.30. The lowest BCUT2D eigenvalue weighted by Gasteiger charge is -2.24. The van der Waals surface area contributed by atoms with Crippen LogP contribution >= 0.6 is 11.6 Å². The first-order valence-electron chi connectivity index (χ1n) is 9.41. The van der Waals surface area contributed by atoms with Crippen molar-refractivity contribution in [2.24, 2.45) is 0 Å². The second-order valence-electron chi connectivity index (χ2n) is 7.04. The number of aryl methyl sites for hydroxylation is 1. The van der Waals surface area contributed by atoms with E-state index in [1.54, 1.807) is 25.3 Å². The average molecular weight is 424 g/mol. The minimum atomic E-state index is -0.0794. The Morgan fingerprint density at radius 3 is 2.80 bits per heavy atom. The highest BCUT2D eigenvalue weighted by atomic mass is 35.5. The number of aromatic nitrogens is 5. The van der Waals surface area contributed by atoms with E-state index in [0.29, 0.717) is 46.9 Å². The Morgan fingerprint density at radius 2 is 2.00 bits per heavy atom. The zero-order valence-electron chi connectivity index (χ0n) is 16.4. The average Bonchev–Trinajstić information content (AvgIpc) is 3.41. The number of methoxy groups -OCH3 is 1. The van der Waals surface area contributed by atoms with Crippen molar-refractivity contribution in [1.82, 2.24) is 25.1 Å². The van der Waals surface area contributed by atoms with E-state index < -0.39 is 0 Å². The Hall–Kier alpha value is -3.23. The molecule has 30 heavy (non-hydrogen) atoms. The number of fused-ring (bicyclic) bond motifs is 1. The molecule has 0 bridgehead atoms. The first kappa shape index (κ1) is 18.8. The van der Waals surface area contributed by atoms with Crippen molar-refractivity contribution in [3.05, 3.63) is 64.3 Å². The van der Waals surface area contributed by atoms with Crippen LogP contribution in [0.1, 0.15) is 22.9 Å². The third kappa shape index (κ3) is 3.34. The van der Waals surface area contributed by atoms with Gasteiger partial charge >= 0.3 is 0 Å². The Morgan fingerprint density at radius 1 is 1.17 bits per heavy atom. The molecule has 1 atom stereocenters. The van der Waals surface area contributed by atoms with Gasteiger partial charge in [-0.05, 0) is 30.7 Å². The molecule has 0 fully saturated rings. The number of ether oxygens (including phenoxy) is 2. The minimum Gasteiger partial charge on any atom is -0.496 e. The molecule has 0 amide bonds. The summed E-state index contributed by atoms with van der Waals surface area (Å²) < 4.78 is 18.7. The van der Waals surface area contributed by atoms with Gasteiger partial charge in [0.2, 0.25) is 5.82 Å². The van der Waals surface area contributed by atoms with Crippen LogP contribution in [0.3, 0.4) is 0 Å². The van der Waals surface area contributed by atoms with Crippen LogP contribution in [-0.2, 0) is 17.9 Å². The van der Waals surface area contributed by atoms with Crippen LogP contribution in [0.25, 0.3) is 23.0 Å². The second kappa shape index (κ2) is 7.55. The zero-order chi connectivity index (χ0) is 20.7. The molecule has 0 spiro atoms. The predicted octanol–water partition coefficient (Wildman–Crippen LogP) is 4.24. The lowest BCUT2D eigenvalue weighted by molar-refractivity contribution is -0.00112. The van der Waals surface area contributed by atoms with Crippen LogP contribution in [-0.4, -0.2) is 32.2 Å². The molecule has 0 N–H and O–H groups in total. The molecule has 0 aliphatic carbocycles. The third-order valence-corrected chi connectivity index (χ3v) is 5.31. The summed E-state index contributed by atoms with van der Waals surface area (Å²) in [4.78, 5) is 4.48. The highest BCUT2D eigenvalue weighted by Crippen LogP contribution is 2.34. The summed E-state index contributed by atoms with van der Waals surface area (Å²) in [5.74, 6) is 1.22. The van der Waals surface area contributed by atoms with E-state index in [-0.39, 0.29) is 6.10 Å². The van der Waals surface area contributed by atoms with E-state index in [1.165, 1.54) is 5.56 Å². The summed E-state index contributed by atoms with van der Waals surface area (Å²) in [6.07, 6.45) is -0.0794. The molecule has 9 heteroatoms. The fourth-order valence-corrected chi connectivity index (χ4v) is 3.62. The quantitative estimate of drug-likeness (QED) is 0.485. The first-order valence-corrected chi connectivity index (χ1v) is 9.78. The standard InChI is InChI=1S/C21H18ClN5O3/c1-12-3-5-13(6-4-12)18-10-27-16(11-29-18)19(24-26-27)20-23-21(30-25-20)15-9-14(22)7-8-17(15)28-2/h3-9,18H,10-11H2,1-2H3/t18-/m1/s1. The summed E-state index contributed by atoms with van der Waals surface area (Å²) >= 11 is 6.11. The summed E-state index contributed by atoms with van der Waals surface area (Å²) in [5.41, 5.74) is 4.28. The molecular formula is C21H18ClN5O3. The zero-order valence-corrected chi connectivity index (χ0v) is 17.1. The summed E-state index contributed by atoms with van der Waals surface area (Å²) in [5, 5.41) is 13.2. The van der Waals surface area contributed by atoms with Crippen molar-refractivity contribution in [3.63, 3.8) is 0 Å². The molecule has 4 aromatic rings. The molecule has 152 valence electrons. The van der Waals surface area contributed by atoms with Gasteiger partial charge in [-0.2, -0.15) is 4.98 Å². The van der Waals surface area contributed by atoms with Crippen LogP contribution in [0.4, 0.5) is 0 Å². The molecule has 8 nitrogen and oxygen atoms in total. The van der Waals surface area contributed by atoms with Gasteiger partial charge < -0.3 is 14.0 Å². The molecule has 2 aromatic heterocycles. The monoisotopic (exact) mass is 423 g/mol. The molecule has 3 heterocycles. The van der Waals surface area contributed by atoms with Gasteiger partial charge in [0.15, 0.2) is 5.69 Å². The number of hydrogen-bond acceptors (Lipinski definition) is 7. The molecule has 0 saturated heterocycles. The lowest BCUT2D eigenvalue weighted by atomic mass is 10.1. The van der Waals surface area contributed by atoms with Crippen LogP contribution in [0, 0.1) is 6.92 Å². The summed E-state index contributed by atoms with van der Waals surface area (Å²) in [6, 6.07) is 13.5. The van der Waals surface area contributed by atoms with Gasteiger partial charge in [0.25, 0.3) is 5.89 Å². The topological polar surface area (TPSA) is 88.1 Å². The molecule has 0 radical (unpaired) electrons. The van der Waals surface area contributed by atoms with Crippen LogP contribution in [0.2, 0.25) is 5.02 Å². The molecule has 0 saturated carbocycles. The van der Waals surface area contributed by atoms with Crippen molar-refractivity contribution in [2.75, 3.05) is 7.11 Å². The van der Waals surface area contributed by atoms with E-state index in [0.717, 1.165) is 11.3 Å². The lowest BCUT2D eigenvalue weighted by Crippen LogP contribution is -2.22. The van der Waals surface area contributed by atoms with Crippen molar-refractivity contribution in [1.29, 1.82) is 0 Å². The number of hydrogen-bond donors (Lipinski definition) is 0. The first-order chi connectivity index (χ1) is 14.6. The van der Waals surface area contributed by atoms with Crippen LogP contribution < -0.4 is 4.74 Å². The van der Waals surface area contributed by atoms with Crippen LogP contribution in [0.5, 0.6) is 5.75 Å². The van der Waals surface area contributed by atoms with Gasteiger partial charge in [0.1, 0.15) is 11.9 Å². The van der Waals surface area contributed by atoms with E-state index in [4.69, 9.17) is 25.6 Å². The van der Waals surface area contributed by atoms with Crippen molar-refractivity contribution >= 4 is 11.6 Å². The van der Waals surface area contributed by atoms with Crippen molar-refractivity contribution in [3.8, 4) is 28.7 Å². The van der Waals surface area contributed by atoms with Crippen molar-refractivity contribution in [2.45, 2.75) is 26.2 Å². The van der Waals surface area contributed by atoms with Gasteiger partial charge in [-0.1, -0.05) is 51.8 Å². The maximum atomic E-state index is 6.11. The Kier molecular flexibility index (Phi) is 4.72. The molecule has 5 rings (SSSR count). The van der Waals surface area contributed by atoms with Crippen molar-refractivity contribution < 1.29 is 14.0 Å². The van der Waals surface area contributed by atoms with E-state index in [2.05, 4.69) is 51.6 Å². The van der Waals surface area contributed by atoms with Crippen LogP contribution in [0.15, 0.2) is 47.0 Å². The third-order valence-electron chi connectivity index (χ3n) is 5.08. The largest absolute Gasteiger partial charge is 0.496 e. The van der Waals surface area contributed by atoms with Gasteiger partial charge in [-0.3, -0.25) is 0 Å². The fourth-order valence-electron chi connectivity index (χ4n) is 3.44. The molecular weight excluding hydrogens is 406 g/mol. The van der Waals surface area contributed by atoms with Gasteiger partial charge in [0, 0.05) is 5.02 Å². The maximum Gasteiger partial charge on any atom is 0.262 e. The smallest absolute Gasteiger partial charge is 0.262 e. The predicted molar refractivity (Wildman–Crippen MR) is 109 cm³/mol. The SMILES string of the molecule is COc1ccc(Cl)cc1-c1nc(-c2nnn3c2CO[C@@H](c2ccc(C)cc2)C3)no1. The van der Waals surface area contributed by atoms with E-state index >= 15 is 0 Å². The highest BCUT2D eigenvalue weighted by Gasteiger charge is 2.28.